The quantitative estimate of drug-likeness (QED) is 0.772. The number of aromatic amines is 1. The summed E-state index contributed by atoms with van der Waals surface area (Å²) >= 11 is 0. The van der Waals surface area contributed by atoms with Crippen molar-refractivity contribution >= 4 is 17.1 Å². The lowest BCUT2D eigenvalue weighted by molar-refractivity contribution is 0.195. The first-order chi connectivity index (χ1) is 9.19. The highest BCUT2D eigenvalue weighted by atomic mass is 19.1. The van der Waals surface area contributed by atoms with Gasteiger partial charge in [-0.1, -0.05) is 0 Å². The van der Waals surface area contributed by atoms with Crippen molar-refractivity contribution in [2.24, 2.45) is 0 Å². The molecule has 0 saturated heterocycles. The molecule has 19 heavy (non-hydrogen) atoms. The summed E-state index contributed by atoms with van der Waals surface area (Å²) in [7, 11) is 0. The van der Waals surface area contributed by atoms with E-state index in [2.05, 4.69) is 15.3 Å². The molecule has 6 nitrogen and oxygen atoms in total. The number of hydrogen-bond donors (Lipinski definition) is 3. The molecule has 100 valence electrons. The van der Waals surface area contributed by atoms with Crippen LogP contribution in [0.3, 0.4) is 0 Å². The maximum atomic E-state index is 12.5. The molecule has 0 aliphatic carbocycles. The molecule has 0 unspecified atom stereocenters. The van der Waals surface area contributed by atoms with Gasteiger partial charge in [-0.3, -0.25) is 0 Å². The summed E-state index contributed by atoms with van der Waals surface area (Å²) < 4.78 is 17.9. The first kappa shape index (κ1) is 12.9. The number of pyridine rings is 1. The normalized spacial score (nSPS) is 11.5. The third-order valence-corrected chi connectivity index (χ3v) is 2.42. The van der Waals surface area contributed by atoms with E-state index in [0.29, 0.717) is 12.1 Å². The van der Waals surface area contributed by atoms with Crippen LogP contribution in [0.1, 0.15) is 0 Å². The number of halogens is 1. The number of rotatable bonds is 5. The fourth-order valence-corrected chi connectivity index (χ4v) is 1.48. The van der Waals surface area contributed by atoms with E-state index < -0.39 is 6.09 Å². The molecule has 0 fully saturated rings. The summed E-state index contributed by atoms with van der Waals surface area (Å²) in [5, 5.41) is 11.4. The Morgan fingerprint density at radius 1 is 1.63 bits per heavy atom. The standard InChI is InChI=1S/C12H12FN3O3/c13-4-8(5-16-12(17)18)7-19-10-3-9-1-2-14-11(9)15-6-10/h1-4,6,16H,5,7H2,(H,14,15)(H,17,18). The van der Waals surface area contributed by atoms with E-state index in [4.69, 9.17) is 9.84 Å². The Balaban J connectivity index is 1.94. The molecule has 0 saturated carbocycles. The van der Waals surface area contributed by atoms with E-state index >= 15 is 0 Å². The zero-order chi connectivity index (χ0) is 13.7. The maximum absolute atomic E-state index is 12.5. The van der Waals surface area contributed by atoms with Gasteiger partial charge in [-0.25, -0.2) is 14.2 Å². The molecular formula is C12H12FN3O3. The van der Waals surface area contributed by atoms with E-state index in [1.54, 1.807) is 12.3 Å². The molecule has 3 N–H and O–H groups in total. The van der Waals surface area contributed by atoms with Gasteiger partial charge < -0.3 is 20.1 Å². The van der Waals surface area contributed by atoms with Gasteiger partial charge in [0.25, 0.3) is 0 Å². The molecule has 0 bridgehead atoms. The summed E-state index contributed by atoms with van der Waals surface area (Å²) in [4.78, 5) is 17.4. The van der Waals surface area contributed by atoms with Gasteiger partial charge in [0.05, 0.1) is 12.5 Å². The van der Waals surface area contributed by atoms with Gasteiger partial charge in [-0.05, 0) is 12.1 Å². The lowest BCUT2D eigenvalue weighted by Crippen LogP contribution is -2.25. The van der Waals surface area contributed by atoms with Crippen LogP contribution in [0.4, 0.5) is 9.18 Å². The number of nitrogens with zero attached hydrogens (tertiary/aromatic N) is 1. The smallest absolute Gasteiger partial charge is 0.404 e. The third kappa shape index (κ3) is 3.44. The average molecular weight is 265 g/mol. The number of aromatic nitrogens is 2. The Hall–Kier alpha value is -2.57. The van der Waals surface area contributed by atoms with Crippen molar-refractivity contribution in [1.29, 1.82) is 0 Å². The van der Waals surface area contributed by atoms with E-state index in [9.17, 15) is 9.18 Å². The number of hydrogen-bond acceptors (Lipinski definition) is 3. The van der Waals surface area contributed by atoms with Crippen molar-refractivity contribution < 1.29 is 19.0 Å². The fraction of sp³-hybridized carbons (Fsp3) is 0.167. The van der Waals surface area contributed by atoms with Gasteiger partial charge in [0, 0.05) is 23.7 Å². The van der Waals surface area contributed by atoms with E-state index in [-0.39, 0.29) is 18.7 Å². The first-order valence-corrected chi connectivity index (χ1v) is 5.50. The lowest BCUT2D eigenvalue weighted by Gasteiger charge is -2.08. The highest BCUT2D eigenvalue weighted by Crippen LogP contribution is 2.17. The van der Waals surface area contributed by atoms with Gasteiger partial charge in [0.2, 0.25) is 0 Å². The second kappa shape index (κ2) is 5.85. The van der Waals surface area contributed by atoms with Gasteiger partial charge in [0.15, 0.2) is 0 Å². The molecule has 0 atom stereocenters. The monoisotopic (exact) mass is 265 g/mol. The first-order valence-electron chi connectivity index (χ1n) is 5.50. The Morgan fingerprint density at radius 3 is 3.21 bits per heavy atom. The minimum atomic E-state index is -1.21. The molecule has 2 rings (SSSR count). The number of amides is 1. The van der Waals surface area contributed by atoms with Gasteiger partial charge in [-0.2, -0.15) is 0 Å². The lowest BCUT2D eigenvalue weighted by atomic mass is 10.3. The highest BCUT2D eigenvalue weighted by Gasteiger charge is 2.04. The van der Waals surface area contributed by atoms with E-state index in [0.717, 1.165) is 11.0 Å². The number of H-pyrrole nitrogens is 1. The van der Waals surface area contributed by atoms with Crippen molar-refractivity contribution in [3.05, 3.63) is 36.4 Å². The van der Waals surface area contributed by atoms with Crippen LogP contribution in [0.25, 0.3) is 11.0 Å². The average Bonchev–Trinajstić information content (AvgIpc) is 2.86. The van der Waals surface area contributed by atoms with Crippen LogP contribution in [0.5, 0.6) is 5.75 Å². The predicted octanol–water partition coefficient (Wildman–Crippen LogP) is 2.06. The second-order valence-electron chi connectivity index (χ2n) is 3.80. The third-order valence-electron chi connectivity index (χ3n) is 2.42. The maximum Gasteiger partial charge on any atom is 0.404 e. The zero-order valence-electron chi connectivity index (χ0n) is 9.89. The van der Waals surface area contributed by atoms with Crippen molar-refractivity contribution in [3.8, 4) is 5.75 Å². The van der Waals surface area contributed by atoms with Crippen molar-refractivity contribution in [2.75, 3.05) is 13.2 Å². The zero-order valence-corrected chi connectivity index (χ0v) is 9.89. The van der Waals surface area contributed by atoms with Crippen LogP contribution in [-0.4, -0.2) is 34.3 Å². The van der Waals surface area contributed by atoms with Crippen molar-refractivity contribution in [2.45, 2.75) is 0 Å². The van der Waals surface area contributed by atoms with Gasteiger partial charge in [0.1, 0.15) is 18.0 Å². The molecule has 2 aromatic heterocycles. The van der Waals surface area contributed by atoms with Crippen LogP contribution >= 0.6 is 0 Å². The van der Waals surface area contributed by atoms with Gasteiger partial charge >= 0.3 is 6.09 Å². The van der Waals surface area contributed by atoms with Crippen LogP contribution in [0.2, 0.25) is 0 Å². The van der Waals surface area contributed by atoms with Crippen LogP contribution in [0, 0.1) is 0 Å². The van der Waals surface area contributed by atoms with Crippen LogP contribution < -0.4 is 10.1 Å². The topological polar surface area (TPSA) is 87.2 Å². The number of nitrogens with one attached hydrogen (secondary N) is 2. The number of carbonyl (C=O) groups is 1. The highest BCUT2D eigenvalue weighted by molar-refractivity contribution is 5.76. The second-order valence-corrected chi connectivity index (χ2v) is 3.80. The van der Waals surface area contributed by atoms with Gasteiger partial charge in [-0.15, -0.1) is 0 Å². The molecule has 0 aliphatic heterocycles. The molecule has 1 amide bonds. The summed E-state index contributed by atoms with van der Waals surface area (Å²) in [5.74, 6) is 0.488. The summed E-state index contributed by atoms with van der Waals surface area (Å²) in [6.45, 7) is -0.167. The van der Waals surface area contributed by atoms with Crippen molar-refractivity contribution in [1.82, 2.24) is 15.3 Å². The molecule has 7 heteroatoms. The minimum Gasteiger partial charge on any atom is -0.487 e. The number of ether oxygens (including phenoxy) is 1. The molecule has 0 aliphatic rings. The largest absolute Gasteiger partial charge is 0.487 e. The predicted molar refractivity (Wildman–Crippen MR) is 66.8 cm³/mol. The number of carboxylic acid groups (broad SMARTS) is 1. The molecule has 0 radical (unpaired) electrons. The minimum absolute atomic E-state index is 0.0472. The molecule has 2 aromatic rings. The summed E-state index contributed by atoms with van der Waals surface area (Å²) in [6.07, 6.45) is 2.39. The van der Waals surface area contributed by atoms with Crippen LogP contribution in [0.15, 0.2) is 36.4 Å². The Kier molecular flexibility index (Phi) is 3.97. The Bertz CT molecular complexity index is 609. The Morgan fingerprint density at radius 2 is 2.47 bits per heavy atom. The molecule has 2 heterocycles. The SMILES string of the molecule is O=C(O)NCC(=CF)COc1cnc2[nH]ccc2c1. The van der Waals surface area contributed by atoms with Crippen molar-refractivity contribution in [3.63, 3.8) is 0 Å². The molecular weight excluding hydrogens is 253 g/mol. The molecule has 0 aromatic carbocycles. The fourth-order valence-electron chi connectivity index (χ4n) is 1.48. The Labute approximate surface area is 107 Å². The molecule has 0 spiro atoms. The summed E-state index contributed by atoms with van der Waals surface area (Å²) in [5.41, 5.74) is 0.928. The van der Waals surface area contributed by atoms with E-state index in [1.165, 1.54) is 6.20 Å². The van der Waals surface area contributed by atoms with E-state index in [1.807, 2.05) is 6.07 Å². The number of fused-ring (bicyclic) bond motifs is 1. The summed E-state index contributed by atoms with van der Waals surface area (Å²) in [6, 6.07) is 3.60. The van der Waals surface area contributed by atoms with Crippen LogP contribution in [-0.2, 0) is 0 Å².